The van der Waals surface area contributed by atoms with Crippen LogP contribution in [0.4, 0.5) is 0 Å². The van der Waals surface area contributed by atoms with Gasteiger partial charge in [0.15, 0.2) is 0 Å². The smallest absolute Gasteiger partial charge is 0.252 e. The number of fused-ring (bicyclic) bond motifs is 1. The van der Waals surface area contributed by atoms with Gasteiger partial charge < -0.3 is 10.3 Å². The zero-order valence-electron chi connectivity index (χ0n) is 10.6. The lowest BCUT2D eigenvalue weighted by molar-refractivity contribution is 0.596. The van der Waals surface area contributed by atoms with Crippen LogP contribution < -0.4 is 10.9 Å². The molecule has 0 saturated heterocycles. The Morgan fingerprint density at radius 1 is 1.26 bits per heavy atom. The van der Waals surface area contributed by atoms with Gasteiger partial charge in [-0.2, -0.15) is 0 Å². The van der Waals surface area contributed by atoms with Gasteiger partial charge in [-0.15, -0.1) is 0 Å². The van der Waals surface area contributed by atoms with E-state index in [0.29, 0.717) is 18.7 Å². The van der Waals surface area contributed by atoms with E-state index in [4.69, 9.17) is 0 Å². The summed E-state index contributed by atoms with van der Waals surface area (Å²) >= 11 is 0. The molecule has 0 aliphatic rings. The van der Waals surface area contributed by atoms with Crippen LogP contribution in [-0.2, 0) is 16.4 Å². The van der Waals surface area contributed by atoms with Gasteiger partial charge in [-0.3, -0.25) is 4.79 Å². The Balaban J connectivity index is 2.08. The second kappa shape index (κ2) is 5.54. The Morgan fingerprint density at radius 3 is 2.74 bits per heavy atom. The first-order valence-corrected chi connectivity index (χ1v) is 8.01. The van der Waals surface area contributed by atoms with Crippen molar-refractivity contribution in [2.24, 2.45) is 0 Å². The average molecular weight is 280 g/mol. The number of aromatic amines is 1. The zero-order valence-corrected chi connectivity index (χ0v) is 11.5. The highest BCUT2D eigenvalue weighted by molar-refractivity contribution is 7.90. The molecule has 19 heavy (non-hydrogen) atoms. The minimum absolute atomic E-state index is 0.0679. The molecule has 1 heterocycles. The summed E-state index contributed by atoms with van der Waals surface area (Å²) in [7, 11) is -2.97. The summed E-state index contributed by atoms with van der Waals surface area (Å²) in [5, 5.41) is 3.92. The Bertz CT molecular complexity index is 735. The van der Waals surface area contributed by atoms with Gasteiger partial charge in [0.05, 0.1) is 5.75 Å². The summed E-state index contributed by atoms with van der Waals surface area (Å²) < 4.78 is 22.0. The van der Waals surface area contributed by atoms with Crippen molar-refractivity contribution in [3.63, 3.8) is 0 Å². The van der Waals surface area contributed by atoms with E-state index in [1.807, 2.05) is 30.3 Å². The molecule has 1 aromatic heterocycles. The molecule has 0 aliphatic heterocycles. The third kappa shape index (κ3) is 3.90. The van der Waals surface area contributed by atoms with Crippen LogP contribution in [0.2, 0.25) is 0 Å². The molecule has 2 aromatic rings. The number of benzene rings is 1. The van der Waals surface area contributed by atoms with E-state index >= 15 is 0 Å². The first kappa shape index (κ1) is 13.8. The molecule has 6 heteroatoms. The maximum absolute atomic E-state index is 11.8. The molecule has 0 aliphatic carbocycles. The minimum Gasteiger partial charge on any atom is -0.322 e. The minimum atomic E-state index is -2.97. The van der Waals surface area contributed by atoms with Gasteiger partial charge in [0, 0.05) is 30.4 Å². The van der Waals surface area contributed by atoms with E-state index in [1.54, 1.807) is 0 Å². The second-order valence-electron chi connectivity index (χ2n) is 4.52. The van der Waals surface area contributed by atoms with Crippen molar-refractivity contribution < 1.29 is 8.42 Å². The first-order chi connectivity index (χ1) is 8.96. The summed E-state index contributed by atoms with van der Waals surface area (Å²) in [5.41, 5.74) is 1.25. The Hall–Kier alpha value is -1.66. The fourth-order valence-corrected chi connectivity index (χ4v) is 2.32. The molecule has 0 radical (unpaired) electrons. The van der Waals surface area contributed by atoms with Gasteiger partial charge in [-0.05, 0) is 17.5 Å². The van der Waals surface area contributed by atoms with Crippen molar-refractivity contribution in [3.05, 3.63) is 46.2 Å². The zero-order chi connectivity index (χ0) is 13.9. The molecule has 0 bridgehead atoms. The van der Waals surface area contributed by atoms with Crippen molar-refractivity contribution in [1.29, 1.82) is 0 Å². The lowest BCUT2D eigenvalue weighted by Crippen LogP contribution is -2.25. The standard InChI is InChI=1S/C13H16N2O3S/c1-19(17,18)7-6-14-9-11-8-10-4-2-3-5-12(10)15-13(11)16/h2-5,8,14H,6-7,9H2,1H3,(H,15,16). The lowest BCUT2D eigenvalue weighted by Gasteiger charge is -2.05. The predicted octanol–water partition coefficient (Wildman–Crippen LogP) is 0.662. The molecule has 0 spiro atoms. The fourth-order valence-electron chi connectivity index (χ4n) is 1.80. The van der Waals surface area contributed by atoms with Crippen LogP contribution in [0.5, 0.6) is 0 Å². The molecule has 102 valence electrons. The van der Waals surface area contributed by atoms with Crippen LogP contribution >= 0.6 is 0 Å². The molecule has 0 atom stereocenters. The summed E-state index contributed by atoms with van der Waals surface area (Å²) in [5.74, 6) is 0.0679. The number of nitrogens with one attached hydrogen (secondary N) is 2. The lowest BCUT2D eigenvalue weighted by atomic mass is 10.1. The Morgan fingerprint density at radius 2 is 2.00 bits per heavy atom. The molecule has 0 unspecified atom stereocenters. The number of sulfone groups is 1. The number of hydrogen-bond donors (Lipinski definition) is 2. The monoisotopic (exact) mass is 280 g/mol. The van der Waals surface area contributed by atoms with Crippen molar-refractivity contribution in [2.45, 2.75) is 6.54 Å². The van der Waals surface area contributed by atoms with Gasteiger partial charge in [0.25, 0.3) is 5.56 Å². The van der Waals surface area contributed by atoms with E-state index in [0.717, 1.165) is 10.9 Å². The maximum Gasteiger partial charge on any atom is 0.252 e. The molecular weight excluding hydrogens is 264 g/mol. The SMILES string of the molecule is CS(=O)(=O)CCNCc1cc2ccccc2[nH]c1=O. The number of rotatable bonds is 5. The number of aromatic nitrogens is 1. The van der Waals surface area contributed by atoms with Gasteiger partial charge in [0.1, 0.15) is 9.84 Å². The molecule has 1 aromatic carbocycles. The predicted molar refractivity (Wildman–Crippen MR) is 76.0 cm³/mol. The highest BCUT2D eigenvalue weighted by Crippen LogP contribution is 2.09. The van der Waals surface area contributed by atoms with Crippen molar-refractivity contribution in [2.75, 3.05) is 18.6 Å². The van der Waals surface area contributed by atoms with Gasteiger partial charge in [0.2, 0.25) is 0 Å². The highest BCUT2D eigenvalue weighted by atomic mass is 32.2. The highest BCUT2D eigenvalue weighted by Gasteiger charge is 2.04. The van der Waals surface area contributed by atoms with Crippen LogP contribution in [0, 0.1) is 0 Å². The number of hydrogen-bond acceptors (Lipinski definition) is 4. The molecule has 2 N–H and O–H groups in total. The van der Waals surface area contributed by atoms with Crippen LogP contribution in [0.3, 0.4) is 0 Å². The first-order valence-electron chi connectivity index (χ1n) is 5.95. The van der Waals surface area contributed by atoms with E-state index in [-0.39, 0.29) is 11.3 Å². The summed E-state index contributed by atoms with van der Waals surface area (Å²) in [6.07, 6.45) is 1.19. The van der Waals surface area contributed by atoms with E-state index in [1.165, 1.54) is 6.26 Å². The Labute approximate surface area is 111 Å². The van der Waals surface area contributed by atoms with E-state index in [2.05, 4.69) is 10.3 Å². The van der Waals surface area contributed by atoms with Crippen LogP contribution in [0.15, 0.2) is 35.1 Å². The normalized spacial score (nSPS) is 11.8. The van der Waals surface area contributed by atoms with Crippen molar-refractivity contribution in [3.8, 4) is 0 Å². The average Bonchev–Trinajstić information content (AvgIpc) is 2.33. The van der Waals surface area contributed by atoms with Crippen LogP contribution in [0.1, 0.15) is 5.56 Å². The van der Waals surface area contributed by atoms with Gasteiger partial charge in [-0.1, -0.05) is 18.2 Å². The van der Waals surface area contributed by atoms with Crippen LogP contribution in [0.25, 0.3) is 10.9 Å². The molecule has 0 fully saturated rings. The molecule has 0 amide bonds. The largest absolute Gasteiger partial charge is 0.322 e. The van der Waals surface area contributed by atoms with Crippen molar-refractivity contribution >= 4 is 20.7 Å². The third-order valence-electron chi connectivity index (χ3n) is 2.80. The van der Waals surface area contributed by atoms with Gasteiger partial charge >= 0.3 is 0 Å². The van der Waals surface area contributed by atoms with Gasteiger partial charge in [-0.25, -0.2) is 8.42 Å². The van der Waals surface area contributed by atoms with E-state index in [9.17, 15) is 13.2 Å². The quantitative estimate of drug-likeness (QED) is 0.789. The fraction of sp³-hybridized carbons (Fsp3) is 0.308. The second-order valence-corrected chi connectivity index (χ2v) is 6.78. The Kier molecular flexibility index (Phi) is 4.01. The topological polar surface area (TPSA) is 79.0 Å². The number of pyridine rings is 1. The van der Waals surface area contributed by atoms with Crippen LogP contribution in [-0.4, -0.2) is 32.0 Å². The molecule has 5 nitrogen and oxygen atoms in total. The third-order valence-corrected chi connectivity index (χ3v) is 3.74. The summed E-state index contributed by atoms with van der Waals surface area (Å²) in [6, 6.07) is 9.36. The molecular formula is C13H16N2O3S. The maximum atomic E-state index is 11.8. The molecule has 2 rings (SSSR count). The number of H-pyrrole nitrogens is 1. The van der Waals surface area contributed by atoms with E-state index < -0.39 is 9.84 Å². The number of para-hydroxylation sites is 1. The summed E-state index contributed by atoms with van der Waals surface area (Å²) in [4.78, 5) is 14.6. The molecule has 0 saturated carbocycles. The van der Waals surface area contributed by atoms with Crippen molar-refractivity contribution in [1.82, 2.24) is 10.3 Å². The summed E-state index contributed by atoms with van der Waals surface area (Å²) in [6.45, 7) is 0.695.